The molecule has 9 nitrogen and oxygen atoms in total. The molecule has 2 aliphatic rings. The van der Waals surface area contributed by atoms with E-state index in [1.165, 1.54) is 18.2 Å². The number of carbonyl (C=O) groups is 3. The van der Waals surface area contributed by atoms with Gasteiger partial charge in [0.2, 0.25) is 11.8 Å². The van der Waals surface area contributed by atoms with Crippen LogP contribution < -0.4 is 10.2 Å². The average Bonchev–Trinajstić information content (AvgIpc) is 3.32. The molecule has 0 spiro atoms. The number of benzene rings is 2. The summed E-state index contributed by atoms with van der Waals surface area (Å²) in [5.41, 5.74) is -0.995. The Balaban J connectivity index is 1.82. The van der Waals surface area contributed by atoms with Crippen molar-refractivity contribution in [2.45, 2.75) is 31.8 Å². The van der Waals surface area contributed by atoms with Crippen LogP contribution in [0.4, 0.5) is 11.4 Å². The number of carboxylic acid groups (broad SMARTS) is 1. The lowest BCUT2D eigenvalue weighted by Gasteiger charge is -2.35. The third-order valence-electron chi connectivity index (χ3n) is 6.97. The first kappa shape index (κ1) is 23.3. The molecule has 176 valence electrons. The lowest BCUT2D eigenvalue weighted by molar-refractivity contribution is -0.384. The molecule has 5 unspecified atom stereocenters. The van der Waals surface area contributed by atoms with Crippen LogP contribution in [-0.4, -0.2) is 39.4 Å². The highest BCUT2D eigenvalue weighted by Gasteiger charge is 2.69. The molecule has 0 saturated carbocycles. The number of carbonyl (C=O) groups excluding carboxylic acids is 2. The fraction of sp³-hybridized carbons (Fsp3) is 0.320. The number of non-ortho nitro benzene ring substituents is 1. The van der Waals surface area contributed by atoms with E-state index in [0.717, 1.165) is 16.5 Å². The molecule has 2 aliphatic heterocycles. The number of hydrogen-bond donors (Lipinski definition) is 2. The second-order valence-corrected chi connectivity index (χ2v) is 8.72. The van der Waals surface area contributed by atoms with Gasteiger partial charge in [0.05, 0.1) is 22.4 Å². The third-order valence-corrected chi connectivity index (χ3v) is 6.97. The Kier molecular flexibility index (Phi) is 6.05. The van der Waals surface area contributed by atoms with Gasteiger partial charge in [-0.05, 0) is 17.5 Å². The van der Waals surface area contributed by atoms with Crippen LogP contribution in [-0.2, 0) is 14.4 Å². The summed E-state index contributed by atoms with van der Waals surface area (Å²) in [5.74, 6) is -5.02. The minimum atomic E-state index is -1.66. The van der Waals surface area contributed by atoms with Gasteiger partial charge in [0.15, 0.2) is 0 Å². The fourth-order valence-corrected chi connectivity index (χ4v) is 5.11. The molecule has 2 N–H and O–H groups in total. The smallest absolute Gasteiger partial charge is 0.325 e. The predicted molar refractivity (Wildman–Crippen MR) is 125 cm³/mol. The second-order valence-electron chi connectivity index (χ2n) is 8.72. The van der Waals surface area contributed by atoms with Gasteiger partial charge in [-0.25, -0.2) is 4.90 Å². The number of fused-ring (bicyclic) bond motifs is 1. The lowest BCUT2D eigenvalue weighted by Crippen LogP contribution is -2.60. The summed E-state index contributed by atoms with van der Waals surface area (Å²) in [7, 11) is 0. The van der Waals surface area contributed by atoms with E-state index in [4.69, 9.17) is 0 Å². The normalized spacial score (nSPS) is 27.2. The molecule has 0 bridgehead atoms. The van der Waals surface area contributed by atoms with E-state index < -0.39 is 52.0 Å². The first-order valence-electron chi connectivity index (χ1n) is 11.1. The van der Waals surface area contributed by atoms with Crippen LogP contribution in [0.25, 0.3) is 6.08 Å². The Morgan fingerprint density at radius 3 is 2.53 bits per heavy atom. The van der Waals surface area contributed by atoms with Crippen LogP contribution in [0.1, 0.15) is 25.8 Å². The number of amides is 2. The highest BCUT2D eigenvalue weighted by Crippen LogP contribution is 2.48. The number of nitrogens with zero attached hydrogens (tertiary/aromatic N) is 2. The van der Waals surface area contributed by atoms with E-state index in [-0.39, 0.29) is 11.4 Å². The molecule has 9 heteroatoms. The van der Waals surface area contributed by atoms with Crippen LogP contribution in [0, 0.1) is 27.9 Å². The fourth-order valence-electron chi connectivity index (χ4n) is 5.11. The van der Waals surface area contributed by atoms with Crippen molar-refractivity contribution in [3.8, 4) is 0 Å². The standard InChI is InChI=1S/C25H25N3O6/c1-3-15(2)25(24(31)32)21-20(19(26-25)13-12-16-8-5-4-6-9-16)22(29)27(23(21)30)17-10-7-11-18(14-17)28(33)34/h4-15,19-21,26H,3H2,1-2H3,(H,31,32)/b13-12+. The number of rotatable bonds is 7. The summed E-state index contributed by atoms with van der Waals surface area (Å²) < 4.78 is 0. The number of hydrogen-bond acceptors (Lipinski definition) is 6. The van der Waals surface area contributed by atoms with E-state index in [2.05, 4.69) is 5.32 Å². The molecule has 0 radical (unpaired) electrons. The average molecular weight is 463 g/mol. The molecular weight excluding hydrogens is 438 g/mol. The van der Waals surface area contributed by atoms with Crippen molar-refractivity contribution in [2.24, 2.45) is 17.8 Å². The number of anilines is 1. The zero-order valence-electron chi connectivity index (χ0n) is 18.8. The van der Waals surface area contributed by atoms with E-state index in [9.17, 15) is 29.6 Å². The minimum absolute atomic E-state index is 0.0628. The van der Waals surface area contributed by atoms with Crippen molar-refractivity contribution >= 4 is 35.2 Å². The number of nitrogens with one attached hydrogen (secondary N) is 1. The second kappa shape index (κ2) is 8.83. The molecule has 4 rings (SSSR count). The Hall–Kier alpha value is -3.85. The molecule has 2 heterocycles. The Labute approximate surface area is 196 Å². The summed E-state index contributed by atoms with van der Waals surface area (Å²) in [6, 6.07) is 13.9. The highest BCUT2D eigenvalue weighted by atomic mass is 16.6. The zero-order chi connectivity index (χ0) is 24.6. The molecule has 2 saturated heterocycles. The van der Waals surface area contributed by atoms with Gasteiger partial charge >= 0.3 is 5.97 Å². The van der Waals surface area contributed by atoms with Crippen LogP contribution in [0.2, 0.25) is 0 Å². The van der Waals surface area contributed by atoms with Gasteiger partial charge in [-0.3, -0.25) is 29.8 Å². The minimum Gasteiger partial charge on any atom is -0.480 e. The van der Waals surface area contributed by atoms with Crippen molar-refractivity contribution in [3.05, 3.63) is 76.4 Å². The maximum Gasteiger partial charge on any atom is 0.325 e. The molecule has 2 aromatic carbocycles. The van der Waals surface area contributed by atoms with Crippen LogP contribution in [0.3, 0.4) is 0 Å². The third kappa shape index (κ3) is 3.58. The molecule has 5 atom stereocenters. The van der Waals surface area contributed by atoms with Crippen molar-refractivity contribution < 1.29 is 24.4 Å². The summed E-state index contributed by atoms with van der Waals surface area (Å²) in [6.07, 6.45) is 3.98. The zero-order valence-corrected chi connectivity index (χ0v) is 18.8. The Morgan fingerprint density at radius 2 is 1.91 bits per heavy atom. The molecule has 0 aliphatic carbocycles. The van der Waals surface area contributed by atoms with E-state index in [1.54, 1.807) is 19.1 Å². The Morgan fingerprint density at radius 1 is 1.21 bits per heavy atom. The van der Waals surface area contributed by atoms with Crippen molar-refractivity contribution in [1.82, 2.24) is 5.32 Å². The van der Waals surface area contributed by atoms with E-state index in [1.807, 2.05) is 37.3 Å². The number of nitro groups is 1. The topological polar surface area (TPSA) is 130 Å². The van der Waals surface area contributed by atoms with Crippen molar-refractivity contribution in [2.75, 3.05) is 4.90 Å². The van der Waals surface area contributed by atoms with E-state index >= 15 is 0 Å². The van der Waals surface area contributed by atoms with Crippen LogP contribution >= 0.6 is 0 Å². The highest BCUT2D eigenvalue weighted by molar-refractivity contribution is 6.24. The van der Waals surface area contributed by atoms with Crippen LogP contribution in [0.5, 0.6) is 0 Å². The summed E-state index contributed by atoms with van der Waals surface area (Å²) in [4.78, 5) is 51.4. The van der Waals surface area contributed by atoms with Crippen LogP contribution in [0.15, 0.2) is 60.7 Å². The maximum absolute atomic E-state index is 13.6. The molecule has 0 aromatic heterocycles. The first-order valence-corrected chi connectivity index (χ1v) is 11.1. The molecule has 34 heavy (non-hydrogen) atoms. The monoisotopic (exact) mass is 463 g/mol. The Bertz CT molecular complexity index is 1180. The molecule has 2 aromatic rings. The first-order chi connectivity index (χ1) is 16.2. The van der Waals surface area contributed by atoms with Gasteiger partial charge in [0.25, 0.3) is 5.69 Å². The number of carboxylic acids is 1. The largest absolute Gasteiger partial charge is 0.480 e. The van der Waals surface area contributed by atoms with Gasteiger partial charge in [0, 0.05) is 18.2 Å². The van der Waals surface area contributed by atoms with E-state index in [0.29, 0.717) is 6.42 Å². The maximum atomic E-state index is 13.6. The number of aliphatic carboxylic acids is 1. The van der Waals surface area contributed by atoms with Gasteiger partial charge < -0.3 is 5.11 Å². The SMILES string of the molecule is CCC(C)C1(C(=O)O)NC(/C=C/c2ccccc2)C2C(=O)N(c3cccc([N+](=O)[O-])c3)C(=O)C21. The lowest BCUT2D eigenvalue weighted by atomic mass is 9.72. The van der Waals surface area contributed by atoms with Crippen molar-refractivity contribution in [3.63, 3.8) is 0 Å². The van der Waals surface area contributed by atoms with Gasteiger partial charge in [-0.1, -0.05) is 68.8 Å². The van der Waals surface area contributed by atoms with Gasteiger partial charge in [-0.15, -0.1) is 0 Å². The summed E-state index contributed by atoms with van der Waals surface area (Å²) in [5, 5.41) is 24.7. The van der Waals surface area contributed by atoms with Gasteiger partial charge in [-0.2, -0.15) is 0 Å². The van der Waals surface area contributed by atoms with Gasteiger partial charge in [0.1, 0.15) is 5.54 Å². The molecule has 2 amide bonds. The summed E-state index contributed by atoms with van der Waals surface area (Å²) in [6.45, 7) is 3.58. The number of nitro benzene ring substituents is 1. The molecule has 2 fully saturated rings. The summed E-state index contributed by atoms with van der Waals surface area (Å²) >= 11 is 0. The molecular formula is C25H25N3O6. The van der Waals surface area contributed by atoms with Crippen molar-refractivity contribution in [1.29, 1.82) is 0 Å². The number of imide groups is 1. The predicted octanol–water partition coefficient (Wildman–Crippen LogP) is 3.26. The quantitative estimate of drug-likeness (QED) is 0.366.